The van der Waals surface area contributed by atoms with Crippen molar-refractivity contribution in [3.05, 3.63) is 24.0 Å². The minimum atomic E-state index is -0.461. The molecule has 3 N–H and O–H groups in total. The van der Waals surface area contributed by atoms with Gasteiger partial charge in [-0.25, -0.2) is 4.39 Å². The minimum absolute atomic E-state index is 0.151. The number of amides is 1. The molecule has 0 atom stereocenters. The first-order valence-corrected chi connectivity index (χ1v) is 7.15. The Morgan fingerprint density at radius 3 is 2.90 bits per heavy atom. The summed E-state index contributed by atoms with van der Waals surface area (Å²) in [4.78, 5) is 14.1. The van der Waals surface area contributed by atoms with Crippen LogP contribution in [0.15, 0.2) is 18.2 Å². The molecule has 1 aliphatic rings. The maximum Gasteiger partial charge on any atom is 0.238 e. The molecular formula is C15H22FN3O. The number of nitrogens with one attached hydrogen (secondary N) is 1. The number of carbonyl (C=O) groups is 1. The zero-order valence-electron chi connectivity index (χ0n) is 11.9. The number of carbonyl (C=O) groups excluding carboxylic acids is 1. The van der Waals surface area contributed by atoms with E-state index in [-0.39, 0.29) is 11.6 Å². The Kier molecular flexibility index (Phi) is 4.95. The molecule has 1 aromatic rings. The quantitative estimate of drug-likeness (QED) is 0.754. The molecule has 110 valence electrons. The van der Waals surface area contributed by atoms with Gasteiger partial charge in [0.15, 0.2) is 0 Å². The number of hydrogen-bond donors (Lipinski definition) is 2. The Labute approximate surface area is 119 Å². The van der Waals surface area contributed by atoms with E-state index in [4.69, 9.17) is 5.73 Å². The summed E-state index contributed by atoms with van der Waals surface area (Å²) in [5.41, 5.74) is 6.18. The fourth-order valence-electron chi connectivity index (χ4n) is 2.25. The summed E-state index contributed by atoms with van der Waals surface area (Å²) in [6.45, 7) is 4.25. The minimum Gasteiger partial charge on any atom is -0.399 e. The van der Waals surface area contributed by atoms with E-state index in [1.165, 1.54) is 31.0 Å². The highest BCUT2D eigenvalue weighted by Gasteiger charge is 2.25. The van der Waals surface area contributed by atoms with Crippen LogP contribution in [0.2, 0.25) is 0 Å². The van der Waals surface area contributed by atoms with Gasteiger partial charge >= 0.3 is 0 Å². The third kappa shape index (κ3) is 4.49. The lowest BCUT2D eigenvalue weighted by molar-refractivity contribution is -0.117. The molecule has 1 aliphatic carbocycles. The Hall–Kier alpha value is -1.62. The van der Waals surface area contributed by atoms with Gasteiger partial charge in [-0.05, 0) is 49.9 Å². The van der Waals surface area contributed by atoms with Crippen LogP contribution in [0.5, 0.6) is 0 Å². The number of rotatable bonds is 7. The summed E-state index contributed by atoms with van der Waals surface area (Å²) in [5, 5.41) is 2.60. The normalized spacial score (nSPS) is 14.6. The van der Waals surface area contributed by atoms with Gasteiger partial charge < -0.3 is 11.1 Å². The molecule has 20 heavy (non-hydrogen) atoms. The molecule has 0 aliphatic heterocycles. The molecule has 0 spiro atoms. The van der Waals surface area contributed by atoms with Gasteiger partial charge in [0, 0.05) is 12.2 Å². The summed E-state index contributed by atoms with van der Waals surface area (Å²) < 4.78 is 13.6. The van der Waals surface area contributed by atoms with Crippen LogP contribution in [-0.4, -0.2) is 30.4 Å². The molecule has 0 aromatic heterocycles. The van der Waals surface area contributed by atoms with E-state index >= 15 is 0 Å². The van der Waals surface area contributed by atoms with Crippen LogP contribution in [0.3, 0.4) is 0 Å². The van der Waals surface area contributed by atoms with Gasteiger partial charge in [0.1, 0.15) is 5.82 Å². The Bertz CT molecular complexity index is 474. The first-order valence-electron chi connectivity index (χ1n) is 7.15. The van der Waals surface area contributed by atoms with Gasteiger partial charge in [-0.3, -0.25) is 9.69 Å². The van der Waals surface area contributed by atoms with Crippen LogP contribution in [-0.2, 0) is 4.79 Å². The molecule has 0 unspecified atom stereocenters. The molecule has 1 saturated carbocycles. The summed E-state index contributed by atoms with van der Waals surface area (Å²) in [6, 6.07) is 4.18. The van der Waals surface area contributed by atoms with E-state index in [9.17, 15) is 9.18 Å². The monoisotopic (exact) mass is 279 g/mol. The molecular weight excluding hydrogens is 257 g/mol. The van der Waals surface area contributed by atoms with Crippen LogP contribution in [0.4, 0.5) is 15.8 Å². The van der Waals surface area contributed by atoms with Gasteiger partial charge in [-0.2, -0.15) is 0 Å². The van der Waals surface area contributed by atoms with Crippen LogP contribution in [0.1, 0.15) is 26.2 Å². The van der Waals surface area contributed by atoms with Crippen LogP contribution in [0.25, 0.3) is 0 Å². The SMILES string of the molecule is CCCN(CC(=O)Nc1cc(N)ccc1F)CC1CC1. The molecule has 0 heterocycles. The summed E-state index contributed by atoms with van der Waals surface area (Å²) in [6.07, 6.45) is 3.52. The first-order chi connectivity index (χ1) is 9.58. The Morgan fingerprint density at radius 2 is 2.25 bits per heavy atom. The highest BCUT2D eigenvalue weighted by molar-refractivity contribution is 5.92. The average Bonchev–Trinajstić information content (AvgIpc) is 3.18. The second kappa shape index (κ2) is 6.70. The van der Waals surface area contributed by atoms with E-state index in [2.05, 4.69) is 17.1 Å². The van der Waals surface area contributed by atoms with Crippen LogP contribution in [0, 0.1) is 11.7 Å². The average molecular weight is 279 g/mol. The number of hydrogen-bond acceptors (Lipinski definition) is 3. The molecule has 4 nitrogen and oxygen atoms in total. The lowest BCUT2D eigenvalue weighted by Gasteiger charge is -2.21. The van der Waals surface area contributed by atoms with E-state index in [1.807, 2.05) is 0 Å². The third-order valence-electron chi connectivity index (χ3n) is 3.38. The fraction of sp³-hybridized carbons (Fsp3) is 0.533. The molecule has 1 aromatic carbocycles. The summed E-state index contributed by atoms with van der Waals surface area (Å²) in [7, 11) is 0. The van der Waals surface area contributed by atoms with Crippen molar-refractivity contribution in [1.29, 1.82) is 0 Å². The summed E-state index contributed by atoms with van der Waals surface area (Å²) >= 11 is 0. The molecule has 0 saturated heterocycles. The van der Waals surface area contributed by atoms with Crippen LogP contribution < -0.4 is 11.1 Å². The lowest BCUT2D eigenvalue weighted by Crippen LogP contribution is -2.35. The number of nitrogen functional groups attached to an aromatic ring is 1. The van der Waals surface area contributed by atoms with Gasteiger partial charge in [0.25, 0.3) is 0 Å². The van der Waals surface area contributed by atoms with Crippen molar-refractivity contribution >= 4 is 17.3 Å². The Balaban J connectivity index is 1.90. The van der Waals surface area contributed by atoms with E-state index < -0.39 is 5.82 Å². The predicted molar refractivity (Wildman–Crippen MR) is 78.9 cm³/mol. The second-order valence-electron chi connectivity index (χ2n) is 5.47. The van der Waals surface area contributed by atoms with Crippen molar-refractivity contribution in [2.75, 3.05) is 30.7 Å². The van der Waals surface area contributed by atoms with Crippen molar-refractivity contribution < 1.29 is 9.18 Å². The number of anilines is 2. The van der Waals surface area contributed by atoms with Crippen molar-refractivity contribution in [2.24, 2.45) is 5.92 Å². The molecule has 0 bridgehead atoms. The van der Waals surface area contributed by atoms with Crippen LogP contribution >= 0.6 is 0 Å². The fourth-order valence-corrected chi connectivity index (χ4v) is 2.25. The maximum absolute atomic E-state index is 13.6. The molecule has 2 rings (SSSR count). The number of benzene rings is 1. The number of halogens is 1. The third-order valence-corrected chi connectivity index (χ3v) is 3.38. The highest BCUT2D eigenvalue weighted by Crippen LogP contribution is 2.29. The molecule has 0 radical (unpaired) electrons. The number of nitrogens with two attached hydrogens (primary N) is 1. The van der Waals surface area contributed by atoms with Gasteiger partial charge in [0.05, 0.1) is 12.2 Å². The van der Waals surface area contributed by atoms with Crippen molar-refractivity contribution in [3.8, 4) is 0 Å². The molecule has 1 fully saturated rings. The smallest absolute Gasteiger partial charge is 0.238 e. The van der Waals surface area contributed by atoms with Crippen molar-refractivity contribution in [3.63, 3.8) is 0 Å². The topological polar surface area (TPSA) is 58.4 Å². The standard InChI is InChI=1S/C15H22FN3O/c1-2-7-19(9-11-3-4-11)10-15(20)18-14-8-12(17)5-6-13(14)16/h5-6,8,11H,2-4,7,9-10,17H2,1H3,(H,18,20). The zero-order chi connectivity index (χ0) is 14.5. The Morgan fingerprint density at radius 1 is 1.50 bits per heavy atom. The van der Waals surface area contributed by atoms with E-state index in [0.29, 0.717) is 12.2 Å². The highest BCUT2D eigenvalue weighted by atomic mass is 19.1. The molecule has 5 heteroatoms. The zero-order valence-corrected chi connectivity index (χ0v) is 11.9. The van der Waals surface area contributed by atoms with Gasteiger partial charge in [0.2, 0.25) is 5.91 Å². The van der Waals surface area contributed by atoms with Crippen molar-refractivity contribution in [1.82, 2.24) is 4.90 Å². The van der Waals surface area contributed by atoms with Crippen molar-refractivity contribution in [2.45, 2.75) is 26.2 Å². The lowest BCUT2D eigenvalue weighted by atomic mass is 10.2. The number of nitrogens with zero attached hydrogens (tertiary/aromatic N) is 1. The summed E-state index contributed by atoms with van der Waals surface area (Å²) in [5.74, 6) is 0.0823. The molecule has 1 amide bonds. The van der Waals surface area contributed by atoms with E-state index in [1.54, 1.807) is 0 Å². The maximum atomic E-state index is 13.6. The predicted octanol–water partition coefficient (Wildman–Crippen LogP) is 2.47. The largest absolute Gasteiger partial charge is 0.399 e. The van der Waals surface area contributed by atoms with Gasteiger partial charge in [-0.15, -0.1) is 0 Å². The van der Waals surface area contributed by atoms with E-state index in [0.717, 1.165) is 25.4 Å². The second-order valence-corrected chi connectivity index (χ2v) is 5.47. The van der Waals surface area contributed by atoms with Gasteiger partial charge in [-0.1, -0.05) is 6.92 Å². The first kappa shape index (κ1) is 14.8.